The highest BCUT2D eigenvalue weighted by Crippen LogP contribution is 2.18. The van der Waals surface area contributed by atoms with Gasteiger partial charge in [-0.25, -0.2) is 0 Å². The van der Waals surface area contributed by atoms with Crippen LogP contribution in [0.2, 0.25) is 0 Å². The first-order valence-corrected chi connectivity index (χ1v) is 5.92. The van der Waals surface area contributed by atoms with E-state index in [4.69, 9.17) is 5.84 Å². The zero-order chi connectivity index (χ0) is 12.3. The summed E-state index contributed by atoms with van der Waals surface area (Å²) in [7, 11) is 0. The molecular formula is C12H18N4O. The second kappa shape index (κ2) is 5.14. The highest BCUT2D eigenvalue weighted by atomic mass is 16.2. The van der Waals surface area contributed by atoms with Crippen molar-refractivity contribution in [2.75, 3.05) is 18.5 Å². The van der Waals surface area contributed by atoms with Crippen molar-refractivity contribution in [1.82, 2.24) is 9.88 Å². The maximum Gasteiger partial charge on any atom is 0.272 e. The van der Waals surface area contributed by atoms with Gasteiger partial charge in [0.15, 0.2) is 0 Å². The Labute approximate surface area is 101 Å². The number of hydrogen-bond donors (Lipinski definition) is 2. The van der Waals surface area contributed by atoms with Crippen LogP contribution in [0.15, 0.2) is 18.3 Å². The molecule has 1 aliphatic rings. The van der Waals surface area contributed by atoms with E-state index >= 15 is 0 Å². The summed E-state index contributed by atoms with van der Waals surface area (Å²) < 4.78 is 0. The topological polar surface area (TPSA) is 71.2 Å². The Kier molecular flexibility index (Phi) is 3.58. The van der Waals surface area contributed by atoms with Crippen molar-refractivity contribution in [3.8, 4) is 0 Å². The summed E-state index contributed by atoms with van der Waals surface area (Å²) in [5, 5.41) is 0. The van der Waals surface area contributed by atoms with E-state index in [0.717, 1.165) is 25.9 Å². The third-order valence-corrected chi connectivity index (χ3v) is 3.22. The average molecular weight is 234 g/mol. The van der Waals surface area contributed by atoms with Gasteiger partial charge in [-0.2, -0.15) is 0 Å². The van der Waals surface area contributed by atoms with Gasteiger partial charge in [0.05, 0.1) is 5.69 Å². The molecule has 3 N–H and O–H groups in total. The number of carbonyl (C=O) groups excluding carboxylic acids is 1. The molecule has 0 aromatic carbocycles. The van der Waals surface area contributed by atoms with Gasteiger partial charge in [0.1, 0.15) is 5.69 Å². The van der Waals surface area contributed by atoms with Gasteiger partial charge in [-0.1, -0.05) is 6.92 Å². The fourth-order valence-corrected chi connectivity index (χ4v) is 2.01. The van der Waals surface area contributed by atoms with Crippen molar-refractivity contribution in [2.24, 2.45) is 11.8 Å². The van der Waals surface area contributed by atoms with Crippen molar-refractivity contribution < 1.29 is 4.79 Å². The number of pyridine rings is 1. The lowest BCUT2D eigenvalue weighted by molar-refractivity contribution is 0.0691. The number of piperidine rings is 1. The fraction of sp³-hybridized carbons (Fsp3) is 0.500. The minimum Gasteiger partial charge on any atom is -0.337 e. The Balaban J connectivity index is 2.08. The molecule has 1 saturated heterocycles. The highest BCUT2D eigenvalue weighted by molar-refractivity contribution is 5.93. The predicted octanol–water partition coefficient (Wildman–Crippen LogP) is 1.24. The van der Waals surface area contributed by atoms with Gasteiger partial charge in [0, 0.05) is 19.3 Å². The normalized spacial score (nSPS) is 16.9. The van der Waals surface area contributed by atoms with Crippen LogP contribution in [0.1, 0.15) is 30.3 Å². The lowest BCUT2D eigenvalue weighted by atomic mass is 9.99. The van der Waals surface area contributed by atoms with Crippen LogP contribution in [0, 0.1) is 5.92 Å². The first-order chi connectivity index (χ1) is 8.20. The van der Waals surface area contributed by atoms with Crippen LogP contribution in [-0.2, 0) is 0 Å². The molecule has 1 amide bonds. The van der Waals surface area contributed by atoms with Crippen molar-refractivity contribution in [3.63, 3.8) is 0 Å². The minimum atomic E-state index is -0.00556. The van der Waals surface area contributed by atoms with Gasteiger partial charge >= 0.3 is 0 Å². The number of nitrogen functional groups attached to an aromatic ring is 1. The number of rotatable bonds is 2. The van der Waals surface area contributed by atoms with Gasteiger partial charge in [0.25, 0.3) is 5.91 Å². The van der Waals surface area contributed by atoms with Crippen LogP contribution in [0.25, 0.3) is 0 Å². The van der Waals surface area contributed by atoms with Gasteiger partial charge in [-0.3, -0.25) is 15.6 Å². The smallest absolute Gasteiger partial charge is 0.272 e. The number of carbonyl (C=O) groups is 1. The zero-order valence-electron chi connectivity index (χ0n) is 10.0. The van der Waals surface area contributed by atoms with E-state index in [2.05, 4.69) is 17.3 Å². The van der Waals surface area contributed by atoms with E-state index < -0.39 is 0 Å². The molecule has 1 fully saturated rings. The average Bonchev–Trinajstić information content (AvgIpc) is 2.39. The fourth-order valence-electron chi connectivity index (χ4n) is 2.01. The molecule has 0 bridgehead atoms. The number of nitrogens with zero attached hydrogens (tertiary/aromatic N) is 2. The molecule has 5 heteroatoms. The van der Waals surface area contributed by atoms with Crippen molar-refractivity contribution in [2.45, 2.75) is 19.8 Å². The summed E-state index contributed by atoms with van der Waals surface area (Å²) in [6.07, 6.45) is 3.73. The molecule has 2 heterocycles. The Morgan fingerprint density at radius 2 is 2.24 bits per heavy atom. The Morgan fingerprint density at radius 3 is 2.88 bits per heavy atom. The molecule has 0 saturated carbocycles. The zero-order valence-corrected chi connectivity index (χ0v) is 10.0. The highest BCUT2D eigenvalue weighted by Gasteiger charge is 2.22. The largest absolute Gasteiger partial charge is 0.337 e. The van der Waals surface area contributed by atoms with Crippen LogP contribution in [0.4, 0.5) is 5.69 Å². The summed E-state index contributed by atoms with van der Waals surface area (Å²) in [5.41, 5.74) is 3.68. The van der Waals surface area contributed by atoms with Gasteiger partial charge in [-0.15, -0.1) is 0 Å². The van der Waals surface area contributed by atoms with E-state index in [0.29, 0.717) is 17.3 Å². The minimum absolute atomic E-state index is 0.00556. The number of hydrogen-bond acceptors (Lipinski definition) is 4. The Hall–Kier alpha value is -1.62. The van der Waals surface area contributed by atoms with Crippen LogP contribution < -0.4 is 11.3 Å². The van der Waals surface area contributed by atoms with Gasteiger partial charge in [-0.05, 0) is 30.9 Å². The second-order valence-electron chi connectivity index (χ2n) is 4.55. The maximum absolute atomic E-state index is 12.2. The molecule has 0 radical (unpaired) electrons. The van der Waals surface area contributed by atoms with E-state index in [1.54, 1.807) is 18.3 Å². The molecular weight excluding hydrogens is 216 g/mol. The molecule has 1 aliphatic heterocycles. The number of hydrazine groups is 1. The number of aromatic nitrogens is 1. The summed E-state index contributed by atoms with van der Waals surface area (Å²) in [5.74, 6) is 6.02. The number of anilines is 1. The predicted molar refractivity (Wildman–Crippen MR) is 66.3 cm³/mol. The van der Waals surface area contributed by atoms with Gasteiger partial charge < -0.3 is 10.3 Å². The molecule has 1 aromatic heterocycles. The van der Waals surface area contributed by atoms with Crippen molar-refractivity contribution in [1.29, 1.82) is 0 Å². The molecule has 0 spiro atoms. The van der Waals surface area contributed by atoms with E-state index in [9.17, 15) is 4.79 Å². The van der Waals surface area contributed by atoms with Crippen LogP contribution in [0.3, 0.4) is 0 Å². The van der Waals surface area contributed by atoms with Gasteiger partial charge in [0.2, 0.25) is 0 Å². The molecule has 0 unspecified atom stereocenters. The lowest BCUT2D eigenvalue weighted by Crippen LogP contribution is -2.38. The standard InChI is InChI=1S/C12H18N4O/c1-9-3-6-16(7-4-9)12(17)11-8-10(15-13)2-5-14-11/h2,5,8-9H,3-4,6-7,13H2,1H3,(H,14,15). The van der Waals surface area contributed by atoms with Crippen molar-refractivity contribution >= 4 is 11.6 Å². The first-order valence-electron chi connectivity index (χ1n) is 5.92. The second-order valence-corrected chi connectivity index (χ2v) is 4.55. The maximum atomic E-state index is 12.2. The number of amides is 1. The monoisotopic (exact) mass is 234 g/mol. The number of nitrogens with two attached hydrogens (primary N) is 1. The molecule has 5 nitrogen and oxygen atoms in total. The third kappa shape index (κ3) is 2.74. The van der Waals surface area contributed by atoms with E-state index in [1.807, 2.05) is 4.90 Å². The number of nitrogens with one attached hydrogen (secondary N) is 1. The third-order valence-electron chi connectivity index (χ3n) is 3.22. The molecule has 0 atom stereocenters. The molecule has 1 aromatic rings. The SMILES string of the molecule is CC1CCN(C(=O)c2cc(NN)ccn2)CC1. The summed E-state index contributed by atoms with van der Waals surface area (Å²) in [4.78, 5) is 18.1. The van der Waals surface area contributed by atoms with Crippen molar-refractivity contribution in [3.05, 3.63) is 24.0 Å². The summed E-state index contributed by atoms with van der Waals surface area (Å²) in [6.45, 7) is 3.86. The molecule has 0 aliphatic carbocycles. The summed E-state index contributed by atoms with van der Waals surface area (Å²) >= 11 is 0. The molecule has 92 valence electrons. The van der Waals surface area contributed by atoms with Crippen LogP contribution >= 0.6 is 0 Å². The summed E-state index contributed by atoms with van der Waals surface area (Å²) in [6, 6.07) is 3.41. The van der Waals surface area contributed by atoms with Crippen LogP contribution in [-0.4, -0.2) is 28.9 Å². The molecule has 17 heavy (non-hydrogen) atoms. The quantitative estimate of drug-likeness (QED) is 0.596. The van der Waals surface area contributed by atoms with Crippen LogP contribution in [0.5, 0.6) is 0 Å². The number of likely N-dealkylation sites (tertiary alicyclic amines) is 1. The Bertz CT molecular complexity index is 399. The lowest BCUT2D eigenvalue weighted by Gasteiger charge is -2.30. The Morgan fingerprint density at radius 1 is 1.53 bits per heavy atom. The molecule has 2 rings (SSSR count). The van der Waals surface area contributed by atoms with E-state index in [1.165, 1.54) is 0 Å². The van der Waals surface area contributed by atoms with E-state index in [-0.39, 0.29) is 5.91 Å². The first kappa shape index (κ1) is 11.9.